The number of hydrogen-bond donors (Lipinski definition) is 1. The van der Waals surface area contributed by atoms with Gasteiger partial charge < -0.3 is 10.2 Å². The van der Waals surface area contributed by atoms with Crippen molar-refractivity contribution < 1.29 is 0 Å². The molecule has 3 rings (SSSR count). The molecule has 2 atom stereocenters. The Labute approximate surface area is 108 Å². The van der Waals surface area contributed by atoms with Crippen LogP contribution in [0.2, 0.25) is 0 Å². The molecule has 2 fully saturated rings. The number of fused-ring (bicyclic) bond motifs is 1. The third-order valence-electron chi connectivity index (χ3n) is 4.21. The van der Waals surface area contributed by atoms with E-state index in [1.54, 1.807) is 0 Å². The number of piperidine rings is 1. The third kappa shape index (κ3) is 1.97. The lowest BCUT2D eigenvalue weighted by atomic mass is 9.94. The Bertz CT molecular complexity index is 475. The predicted molar refractivity (Wildman–Crippen MR) is 72.6 cm³/mol. The quantitative estimate of drug-likeness (QED) is 0.818. The third-order valence-corrected chi connectivity index (χ3v) is 4.21. The summed E-state index contributed by atoms with van der Waals surface area (Å²) < 4.78 is 0. The van der Waals surface area contributed by atoms with Gasteiger partial charge >= 0.3 is 0 Å². The van der Waals surface area contributed by atoms with E-state index >= 15 is 0 Å². The molecule has 0 spiro atoms. The van der Waals surface area contributed by atoms with Crippen LogP contribution in [0, 0.1) is 24.2 Å². The van der Waals surface area contributed by atoms with Gasteiger partial charge in [0.1, 0.15) is 6.07 Å². The first kappa shape index (κ1) is 11.6. The van der Waals surface area contributed by atoms with Crippen LogP contribution in [0.15, 0.2) is 18.2 Å². The summed E-state index contributed by atoms with van der Waals surface area (Å²) in [7, 11) is 0. The Kier molecular flexibility index (Phi) is 2.97. The van der Waals surface area contributed by atoms with Gasteiger partial charge in [0.2, 0.25) is 0 Å². The van der Waals surface area contributed by atoms with Crippen LogP contribution in [0.5, 0.6) is 0 Å². The summed E-state index contributed by atoms with van der Waals surface area (Å²) >= 11 is 0. The molecule has 2 unspecified atom stereocenters. The van der Waals surface area contributed by atoms with Crippen molar-refractivity contribution in [3.8, 4) is 6.07 Å². The smallest absolute Gasteiger partial charge is 0.101 e. The van der Waals surface area contributed by atoms with E-state index in [0.717, 1.165) is 42.4 Å². The summed E-state index contributed by atoms with van der Waals surface area (Å²) in [5.41, 5.74) is 3.08. The van der Waals surface area contributed by atoms with Gasteiger partial charge in [-0.15, -0.1) is 0 Å². The normalized spacial score (nSPS) is 26.8. The largest absolute Gasteiger partial charge is 0.369 e. The van der Waals surface area contributed by atoms with Gasteiger partial charge in [-0.1, -0.05) is 6.07 Å². The lowest BCUT2D eigenvalue weighted by Crippen LogP contribution is -2.40. The molecule has 0 saturated carbocycles. The number of anilines is 1. The van der Waals surface area contributed by atoms with Crippen molar-refractivity contribution in [3.05, 3.63) is 29.3 Å². The molecule has 0 aliphatic carbocycles. The Hall–Kier alpha value is -1.53. The van der Waals surface area contributed by atoms with Crippen molar-refractivity contribution in [1.29, 1.82) is 5.26 Å². The van der Waals surface area contributed by atoms with E-state index in [1.807, 2.05) is 13.0 Å². The van der Waals surface area contributed by atoms with Gasteiger partial charge in [0.05, 0.1) is 11.3 Å². The number of nitrogens with one attached hydrogen (secondary N) is 1. The minimum atomic E-state index is 0.617. The molecule has 2 saturated heterocycles. The van der Waals surface area contributed by atoms with Gasteiger partial charge in [0.25, 0.3) is 0 Å². The van der Waals surface area contributed by atoms with Gasteiger partial charge in [-0.2, -0.15) is 5.26 Å². The van der Waals surface area contributed by atoms with Crippen molar-refractivity contribution in [1.82, 2.24) is 5.32 Å². The highest BCUT2D eigenvalue weighted by molar-refractivity contribution is 5.61. The number of rotatable bonds is 1. The first-order valence-electron chi connectivity index (χ1n) is 6.77. The van der Waals surface area contributed by atoms with E-state index in [2.05, 4.69) is 28.4 Å². The molecule has 0 bridgehead atoms. The zero-order chi connectivity index (χ0) is 12.5. The second kappa shape index (κ2) is 4.62. The Morgan fingerprint density at radius 2 is 2.28 bits per heavy atom. The lowest BCUT2D eigenvalue weighted by Gasteiger charge is -2.24. The van der Waals surface area contributed by atoms with Crippen LogP contribution in [-0.2, 0) is 0 Å². The summed E-state index contributed by atoms with van der Waals surface area (Å²) in [5.74, 6) is 0.756. The fraction of sp³-hybridized carbons (Fsp3) is 0.533. The maximum atomic E-state index is 9.27. The van der Waals surface area contributed by atoms with E-state index in [0.29, 0.717) is 6.04 Å². The molecule has 0 radical (unpaired) electrons. The SMILES string of the molecule is Cc1ccc(N2CC3CCCNC3C2)c(C#N)c1. The number of benzene rings is 1. The van der Waals surface area contributed by atoms with Crippen LogP contribution >= 0.6 is 0 Å². The predicted octanol–water partition coefficient (Wildman–Crippen LogP) is 2.05. The minimum absolute atomic E-state index is 0.617. The van der Waals surface area contributed by atoms with Crippen molar-refractivity contribution in [3.63, 3.8) is 0 Å². The van der Waals surface area contributed by atoms with E-state index in [4.69, 9.17) is 0 Å². The van der Waals surface area contributed by atoms with Gasteiger partial charge in [0.15, 0.2) is 0 Å². The first-order valence-corrected chi connectivity index (χ1v) is 6.77. The molecular weight excluding hydrogens is 222 g/mol. The molecule has 2 aliphatic rings. The van der Waals surface area contributed by atoms with E-state index in [9.17, 15) is 5.26 Å². The summed E-state index contributed by atoms with van der Waals surface area (Å²) in [6.45, 7) is 5.32. The monoisotopic (exact) mass is 241 g/mol. The molecule has 1 N–H and O–H groups in total. The summed E-state index contributed by atoms with van der Waals surface area (Å²) in [6, 6.07) is 9.15. The van der Waals surface area contributed by atoms with E-state index in [-0.39, 0.29) is 0 Å². The van der Waals surface area contributed by atoms with Gasteiger partial charge in [-0.05, 0) is 49.9 Å². The second-order valence-electron chi connectivity index (χ2n) is 5.50. The Balaban J connectivity index is 1.86. The van der Waals surface area contributed by atoms with Crippen LogP contribution in [0.1, 0.15) is 24.0 Å². The molecule has 1 aromatic carbocycles. The number of aryl methyl sites for hydroxylation is 1. The molecular formula is C15H19N3. The van der Waals surface area contributed by atoms with Crippen LogP contribution in [0.4, 0.5) is 5.69 Å². The second-order valence-corrected chi connectivity index (χ2v) is 5.50. The summed E-state index contributed by atoms with van der Waals surface area (Å²) in [6.07, 6.45) is 2.61. The van der Waals surface area contributed by atoms with Gasteiger partial charge in [-0.3, -0.25) is 0 Å². The molecule has 94 valence electrons. The van der Waals surface area contributed by atoms with Crippen LogP contribution in [-0.4, -0.2) is 25.7 Å². The average molecular weight is 241 g/mol. The highest BCUT2D eigenvalue weighted by Crippen LogP contribution is 2.31. The molecule has 3 heteroatoms. The fourth-order valence-corrected chi connectivity index (χ4v) is 3.26. The van der Waals surface area contributed by atoms with Crippen LogP contribution < -0.4 is 10.2 Å². The fourth-order valence-electron chi connectivity index (χ4n) is 3.26. The molecule has 3 nitrogen and oxygen atoms in total. The maximum Gasteiger partial charge on any atom is 0.101 e. The highest BCUT2D eigenvalue weighted by Gasteiger charge is 2.34. The maximum absolute atomic E-state index is 9.27. The van der Waals surface area contributed by atoms with Crippen LogP contribution in [0.3, 0.4) is 0 Å². The summed E-state index contributed by atoms with van der Waals surface area (Å²) in [4.78, 5) is 2.38. The Morgan fingerprint density at radius 3 is 3.06 bits per heavy atom. The van der Waals surface area contributed by atoms with Crippen molar-refractivity contribution in [2.45, 2.75) is 25.8 Å². The molecule has 0 aromatic heterocycles. The first-order chi connectivity index (χ1) is 8.78. The van der Waals surface area contributed by atoms with Crippen molar-refractivity contribution >= 4 is 5.69 Å². The molecule has 0 amide bonds. The molecule has 18 heavy (non-hydrogen) atoms. The zero-order valence-corrected chi connectivity index (χ0v) is 10.8. The standard InChI is InChI=1S/C15H19N3/c1-11-4-5-15(13(7-11)8-16)18-9-12-3-2-6-17-14(12)10-18/h4-5,7,12,14,17H,2-3,6,9-10H2,1H3. The van der Waals surface area contributed by atoms with Crippen molar-refractivity contribution in [2.24, 2.45) is 5.92 Å². The molecule has 2 aliphatic heterocycles. The Morgan fingerprint density at radius 1 is 1.39 bits per heavy atom. The minimum Gasteiger partial charge on any atom is -0.369 e. The lowest BCUT2D eigenvalue weighted by molar-refractivity contribution is 0.340. The molecule has 1 aromatic rings. The molecule has 2 heterocycles. The number of nitriles is 1. The topological polar surface area (TPSA) is 39.1 Å². The number of nitrogens with zero attached hydrogens (tertiary/aromatic N) is 2. The van der Waals surface area contributed by atoms with E-state index < -0.39 is 0 Å². The van der Waals surface area contributed by atoms with Crippen molar-refractivity contribution in [2.75, 3.05) is 24.5 Å². The van der Waals surface area contributed by atoms with Gasteiger partial charge in [0, 0.05) is 19.1 Å². The number of hydrogen-bond acceptors (Lipinski definition) is 3. The zero-order valence-electron chi connectivity index (χ0n) is 10.8. The van der Waals surface area contributed by atoms with E-state index in [1.165, 1.54) is 12.8 Å². The van der Waals surface area contributed by atoms with Crippen LogP contribution in [0.25, 0.3) is 0 Å². The average Bonchev–Trinajstić information content (AvgIpc) is 2.82. The summed E-state index contributed by atoms with van der Waals surface area (Å²) in [5, 5.41) is 12.9. The van der Waals surface area contributed by atoms with Gasteiger partial charge in [-0.25, -0.2) is 0 Å². The highest BCUT2D eigenvalue weighted by atomic mass is 15.2.